The maximum Gasteiger partial charge on any atom is 0.131 e. The van der Waals surface area contributed by atoms with Crippen LogP contribution in [0.15, 0.2) is 12.4 Å². The Morgan fingerprint density at radius 1 is 1.19 bits per heavy atom. The lowest BCUT2D eigenvalue weighted by molar-refractivity contribution is -0.0450. The summed E-state index contributed by atoms with van der Waals surface area (Å²) in [4.78, 5) is 8.74. The van der Waals surface area contributed by atoms with E-state index in [0.717, 1.165) is 17.8 Å². The zero-order valence-corrected chi connectivity index (χ0v) is 9.17. The highest BCUT2D eigenvalue weighted by Gasteiger charge is 2.27. The predicted octanol–water partition coefficient (Wildman–Crippen LogP) is 1.57. The Labute approximate surface area is 94.7 Å². The molecule has 0 amide bonds. The SMILES string of the molecule is OC1CCO[C@@H](c2cnc(C3CC3)nc2)C1. The summed E-state index contributed by atoms with van der Waals surface area (Å²) in [7, 11) is 0. The number of hydrogen-bond acceptors (Lipinski definition) is 4. The van der Waals surface area contributed by atoms with Crippen LogP contribution >= 0.6 is 0 Å². The van der Waals surface area contributed by atoms with Crippen LogP contribution in [0.1, 0.15) is 49.1 Å². The minimum atomic E-state index is -0.248. The Bertz CT molecular complexity index is 362. The average molecular weight is 220 g/mol. The van der Waals surface area contributed by atoms with Gasteiger partial charge in [0.1, 0.15) is 5.82 Å². The molecule has 0 spiro atoms. The molecule has 1 aromatic heterocycles. The van der Waals surface area contributed by atoms with Crippen molar-refractivity contribution in [1.29, 1.82) is 0 Å². The van der Waals surface area contributed by atoms with Gasteiger partial charge in [-0.05, 0) is 19.3 Å². The molecule has 86 valence electrons. The van der Waals surface area contributed by atoms with E-state index in [1.807, 2.05) is 12.4 Å². The highest BCUT2D eigenvalue weighted by Crippen LogP contribution is 2.38. The number of rotatable bonds is 2. The molecule has 1 aliphatic heterocycles. The number of nitrogens with zero attached hydrogens (tertiary/aromatic N) is 2. The van der Waals surface area contributed by atoms with Gasteiger partial charge in [0.2, 0.25) is 0 Å². The van der Waals surface area contributed by atoms with Gasteiger partial charge in [0.25, 0.3) is 0 Å². The summed E-state index contributed by atoms with van der Waals surface area (Å²) in [6.45, 7) is 0.621. The van der Waals surface area contributed by atoms with Crippen molar-refractivity contribution >= 4 is 0 Å². The topological polar surface area (TPSA) is 55.2 Å². The molecule has 0 aromatic carbocycles. The molecule has 4 heteroatoms. The van der Waals surface area contributed by atoms with E-state index in [-0.39, 0.29) is 12.2 Å². The molecule has 1 unspecified atom stereocenters. The van der Waals surface area contributed by atoms with Crippen LogP contribution in [-0.4, -0.2) is 27.8 Å². The van der Waals surface area contributed by atoms with Gasteiger partial charge in [0, 0.05) is 36.9 Å². The smallest absolute Gasteiger partial charge is 0.131 e. The van der Waals surface area contributed by atoms with Crippen LogP contribution in [0.25, 0.3) is 0 Å². The van der Waals surface area contributed by atoms with Crippen molar-refractivity contribution in [2.45, 2.75) is 43.8 Å². The second kappa shape index (κ2) is 4.11. The molecule has 2 aliphatic rings. The quantitative estimate of drug-likeness (QED) is 0.822. The maximum atomic E-state index is 9.57. The van der Waals surface area contributed by atoms with E-state index < -0.39 is 0 Å². The van der Waals surface area contributed by atoms with Crippen LogP contribution in [-0.2, 0) is 4.74 Å². The second-order valence-electron chi connectivity index (χ2n) is 4.69. The van der Waals surface area contributed by atoms with Gasteiger partial charge < -0.3 is 9.84 Å². The molecule has 0 radical (unpaired) electrons. The molecule has 1 N–H and O–H groups in total. The fourth-order valence-corrected chi connectivity index (χ4v) is 2.08. The minimum absolute atomic E-state index is 0.0306. The molecular formula is C12H16N2O2. The van der Waals surface area contributed by atoms with Crippen molar-refractivity contribution in [2.24, 2.45) is 0 Å². The lowest BCUT2D eigenvalue weighted by atomic mass is 10.0. The normalized spacial score (nSPS) is 30.3. The molecule has 1 saturated carbocycles. The van der Waals surface area contributed by atoms with Crippen molar-refractivity contribution in [3.8, 4) is 0 Å². The number of hydrogen-bond donors (Lipinski definition) is 1. The summed E-state index contributed by atoms with van der Waals surface area (Å²) in [6.07, 6.45) is 7.26. The van der Waals surface area contributed by atoms with E-state index >= 15 is 0 Å². The molecule has 3 rings (SSSR count). The molecule has 2 heterocycles. The van der Waals surface area contributed by atoms with E-state index in [0.29, 0.717) is 18.9 Å². The first kappa shape index (κ1) is 10.2. The average Bonchev–Trinajstić information content (AvgIpc) is 3.13. The minimum Gasteiger partial charge on any atom is -0.393 e. The monoisotopic (exact) mass is 220 g/mol. The lowest BCUT2D eigenvalue weighted by Gasteiger charge is -2.26. The summed E-state index contributed by atoms with van der Waals surface area (Å²) in [5.74, 6) is 1.55. The van der Waals surface area contributed by atoms with Gasteiger partial charge in [0.05, 0.1) is 12.2 Å². The highest BCUT2D eigenvalue weighted by atomic mass is 16.5. The van der Waals surface area contributed by atoms with Crippen LogP contribution in [0.5, 0.6) is 0 Å². The van der Waals surface area contributed by atoms with Crippen LogP contribution in [0.4, 0.5) is 0 Å². The fourth-order valence-electron chi connectivity index (χ4n) is 2.08. The van der Waals surface area contributed by atoms with Gasteiger partial charge >= 0.3 is 0 Å². The third-order valence-electron chi connectivity index (χ3n) is 3.26. The predicted molar refractivity (Wildman–Crippen MR) is 57.9 cm³/mol. The van der Waals surface area contributed by atoms with Crippen LogP contribution in [0.3, 0.4) is 0 Å². The third kappa shape index (κ3) is 2.08. The van der Waals surface area contributed by atoms with Gasteiger partial charge in [-0.25, -0.2) is 9.97 Å². The van der Waals surface area contributed by atoms with E-state index in [1.165, 1.54) is 12.8 Å². The summed E-state index contributed by atoms with van der Waals surface area (Å²) in [6, 6.07) is 0. The Morgan fingerprint density at radius 3 is 2.56 bits per heavy atom. The molecule has 2 atom stereocenters. The van der Waals surface area contributed by atoms with Crippen LogP contribution < -0.4 is 0 Å². The first-order valence-corrected chi connectivity index (χ1v) is 5.94. The number of aromatic nitrogens is 2. The molecule has 2 fully saturated rings. The van der Waals surface area contributed by atoms with Gasteiger partial charge in [-0.2, -0.15) is 0 Å². The standard InChI is InChI=1S/C12H16N2O2/c15-10-3-4-16-11(5-10)9-6-13-12(14-7-9)8-1-2-8/h6-8,10-11,15H,1-5H2/t10?,11-/m1/s1. The van der Waals surface area contributed by atoms with Crippen molar-refractivity contribution in [2.75, 3.05) is 6.61 Å². The second-order valence-corrected chi connectivity index (χ2v) is 4.69. The molecule has 0 bridgehead atoms. The Morgan fingerprint density at radius 2 is 1.94 bits per heavy atom. The van der Waals surface area contributed by atoms with Crippen LogP contribution in [0.2, 0.25) is 0 Å². The summed E-state index contributed by atoms with van der Waals surface area (Å²) in [5.41, 5.74) is 0.989. The molecular weight excluding hydrogens is 204 g/mol. The Hall–Kier alpha value is -1.00. The summed E-state index contributed by atoms with van der Waals surface area (Å²) < 4.78 is 5.61. The van der Waals surface area contributed by atoms with Crippen LogP contribution in [0, 0.1) is 0 Å². The van der Waals surface area contributed by atoms with Crippen molar-refractivity contribution in [3.05, 3.63) is 23.8 Å². The Kier molecular flexibility index (Phi) is 2.61. The molecule has 1 aromatic rings. The van der Waals surface area contributed by atoms with E-state index in [9.17, 15) is 5.11 Å². The molecule has 4 nitrogen and oxygen atoms in total. The zero-order chi connectivity index (χ0) is 11.0. The fraction of sp³-hybridized carbons (Fsp3) is 0.667. The van der Waals surface area contributed by atoms with Gasteiger partial charge in [0.15, 0.2) is 0 Å². The number of aliphatic hydroxyl groups is 1. The van der Waals surface area contributed by atoms with Crippen molar-refractivity contribution in [3.63, 3.8) is 0 Å². The molecule has 1 aliphatic carbocycles. The first-order chi connectivity index (χ1) is 7.83. The van der Waals surface area contributed by atoms with E-state index in [4.69, 9.17) is 4.74 Å². The van der Waals surface area contributed by atoms with E-state index in [2.05, 4.69) is 9.97 Å². The zero-order valence-electron chi connectivity index (χ0n) is 9.17. The summed E-state index contributed by atoms with van der Waals surface area (Å²) >= 11 is 0. The molecule has 1 saturated heterocycles. The number of aliphatic hydroxyl groups excluding tert-OH is 1. The third-order valence-corrected chi connectivity index (χ3v) is 3.26. The van der Waals surface area contributed by atoms with Gasteiger partial charge in [-0.3, -0.25) is 0 Å². The van der Waals surface area contributed by atoms with Crippen molar-refractivity contribution < 1.29 is 9.84 Å². The van der Waals surface area contributed by atoms with E-state index in [1.54, 1.807) is 0 Å². The van der Waals surface area contributed by atoms with Crippen molar-refractivity contribution in [1.82, 2.24) is 9.97 Å². The number of ether oxygens (including phenoxy) is 1. The first-order valence-electron chi connectivity index (χ1n) is 5.94. The maximum absolute atomic E-state index is 9.57. The highest BCUT2D eigenvalue weighted by molar-refractivity contribution is 5.13. The largest absolute Gasteiger partial charge is 0.393 e. The summed E-state index contributed by atoms with van der Waals surface area (Å²) in [5, 5.41) is 9.57. The Balaban J connectivity index is 1.72. The lowest BCUT2D eigenvalue weighted by Crippen LogP contribution is -2.23. The molecule has 16 heavy (non-hydrogen) atoms. The van der Waals surface area contributed by atoms with Gasteiger partial charge in [-0.15, -0.1) is 0 Å². The van der Waals surface area contributed by atoms with Gasteiger partial charge in [-0.1, -0.05) is 0 Å².